The maximum atomic E-state index is 11.1. The molecule has 0 spiro atoms. The van der Waals surface area contributed by atoms with E-state index >= 15 is 0 Å². The van der Waals surface area contributed by atoms with Gasteiger partial charge in [0, 0.05) is 23.2 Å². The highest BCUT2D eigenvalue weighted by atomic mass is 79.9. The maximum Gasteiger partial charge on any atom is 0.264 e. The molecule has 14 heavy (non-hydrogen) atoms. The van der Waals surface area contributed by atoms with Crippen LogP contribution in [-0.4, -0.2) is 9.78 Å². The molecule has 1 aromatic carbocycles. The number of hydrogen-bond donors (Lipinski definition) is 1. The Morgan fingerprint density at radius 2 is 2.07 bits per heavy atom. The van der Waals surface area contributed by atoms with E-state index in [0.29, 0.717) is 0 Å². The number of hydrogen-bond acceptors (Lipinski definition) is 1. The largest absolute Gasteiger partial charge is 0.288 e. The van der Waals surface area contributed by atoms with Gasteiger partial charge in [0.1, 0.15) is 0 Å². The fourth-order valence-corrected chi connectivity index (χ4v) is 1.89. The van der Waals surface area contributed by atoms with Crippen LogP contribution in [0.15, 0.2) is 39.6 Å². The Kier molecular flexibility index (Phi) is 2.29. The van der Waals surface area contributed by atoms with E-state index < -0.39 is 0 Å². The molecule has 0 aliphatic rings. The van der Waals surface area contributed by atoms with E-state index in [4.69, 9.17) is 0 Å². The van der Waals surface area contributed by atoms with Crippen LogP contribution in [0.2, 0.25) is 0 Å². The van der Waals surface area contributed by atoms with Crippen molar-refractivity contribution in [2.24, 2.45) is 7.05 Å². The normalized spacial score (nSPS) is 10.4. The van der Waals surface area contributed by atoms with Gasteiger partial charge in [-0.15, -0.1) is 0 Å². The molecule has 2 aromatic rings. The van der Waals surface area contributed by atoms with Gasteiger partial charge in [-0.1, -0.05) is 34.1 Å². The molecule has 4 heteroatoms. The highest BCUT2D eigenvalue weighted by molar-refractivity contribution is 9.10. The van der Waals surface area contributed by atoms with Gasteiger partial charge in [0.2, 0.25) is 0 Å². The second kappa shape index (κ2) is 3.46. The van der Waals surface area contributed by atoms with Crippen molar-refractivity contribution in [1.82, 2.24) is 9.78 Å². The van der Waals surface area contributed by atoms with Crippen molar-refractivity contribution in [1.29, 1.82) is 0 Å². The zero-order valence-electron chi connectivity index (χ0n) is 7.62. The van der Waals surface area contributed by atoms with Crippen LogP contribution in [0.4, 0.5) is 0 Å². The van der Waals surface area contributed by atoms with Crippen molar-refractivity contribution in [3.8, 4) is 11.3 Å². The van der Waals surface area contributed by atoms with Crippen LogP contribution in [0.1, 0.15) is 0 Å². The second-order valence-electron chi connectivity index (χ2n) is 3.04. The Hall–Kier alpha value is -1.29. The number of H-pyrrole nitrogens is 1. The number of nitrogens with zero attached hydrogens (tertiary/aromatic N) is 1. The van der Waals surface area contributed by atoms with Gasteiger partial charge < -0.3 is 0 Å². The minimum Gasteiger partial charge on any atom is -0.288 e. The summed E-state index contributed by atoms with van der Waals surface area (Å²) < 4.78 is 2.69. The van der Waals surface area contributed by atoms with E-state index in [-0.39, 0.29) is 5.56 Å². The summed E-state index contributed by atoms with van der Waals surface area (Å²) in [5.74, 6) is 0. The summed E-state index contributed by atoms with van der Waals surface area (Å²) in [6.07, 6.45) is 0. The monoisotopic (exact) mass is 252 g/mol. The predicted molar refractivity (Wildman–Crippen MR) is 59.2 cm³/mol. The van der Waals surface area contributed by atoms with E-state index in [1.807, 2.05) is 31.3 Å². The first-order chi connectivity index (χ1) is 6.68. The smallest absolute Gasteiger partial charge is 0.264 e. The van der Waals surface area contributed by atoms with Crippen LogP contribution in [0.5, 0.6) is 0 Å². The number of aryl methyl sites for hydroxylation is 1. The molecule has 3 nitrogen and oxygen atoms in total. The lowest BCUT2D eigenvalue weighted by Gasteiger charge is -2.04. The Morgan fingerprint density at radius 1 is 1.36 bits per heavy atom. The van der Waals surface area contributed by atoms with E-state index in [1.54, 1.807) is 10.7 Å². The molecular formula is C10H9BrN2O. The van der Waals surface area contributed by atoms with Gasteiger partial charge in [-0.05, 0) is 6.07 Å². The Bertz CT molecular complexity index is 513. The van der Waals surface area contributed by atoms with Crippen molar-refractivity contribution < 1.29 is 0 Å². The average molecular weight is 253 g/mol. The number of rotatable bonds is 1. The second-order valence-corrected chi connectivity index (χ2v) is 3.90. The molecule has 0 fully saturated rings. The predicted octanol–water partition coefficient (Wildman–Crippen LogP) is 2.14. The molecule has 0 radical (unpaired) electrons. The van der Waals surface area contributed by atoms with Gasteiger partial charge >= 0.3 is 0 Å². The third-order valence-electron chi connectivity index (χ3n) is 2.06. The number of benzene rings is 1. The topological polar surface area (TPSA) is 37.8 Å². The van der Waals surface area contributed by atoms with Gasteiger partial charge in [-0.3, -0.25) is 14.6 Å². The fourth-order valence-electron chi connectivity index (χ4n) is 1.41. The SMILES string of the molecule is Cn1[nH]c(=O)cc1-c1ccccc1Br. The molecule has 0 aliphatic carbocycles. The molecule has 72 valence electrons. The first-order valence-corrected chi connectivity index (χ1v) is 4.99. The molecule has 0 saturated heterocycles. The van der Waals surface area contributed by atoms with Crippen molar-refractivity contribution in [2.45, 2.75) is 0 Å². The fraction of sp³-hybridized carbons (Fsp3) is 0.100. The first-order valence-electron chi connectivity index (χ1n) is 4.19. The van der Waals surface area contributed by atoms with E-state index in [9.17, 15) is 4.79 Å². The third-order valence-corrected chi connectivity index (χ3v) is 2.75. The number of nitrogens with one attached hydrogen (secondary N) is 1. The molecule has 0 aliphatic heterocycles. The van der Waals surface area contributed by atoms with E-state index in [0.717, 1.165) is 15.7 Å². The molecule has 0 atom stereocenters. The highest BCUT2D eigenvalue weighted by Gasteiger charge is 2.06. The van der Waals surface area contributed by atoms with Gasteiger partial charge in [0.15, 0.2) is 0 Å². The summed E-state index contributed by atoms with van der Waals surface area (Å²) in [7, 11) is 1.82. The van der Waals surface area contributed by atoms with Crippen LogP contribution in [0.25, 0.3) is 11.3 Å². The van der Waals surface area contributed by atoms with E-state index in [1.165, 1.54) is 0 Å². The lowest BCUT2D eigenvalue weighted by molar-refractivity contribution is 0.764. The standard InChI is InChI=1S/C10H9BrN2O/c1-13-9(6-10(14)12-13)7-4-2-3-5-8(7)11/h2-6H,1H3,(H,12,14). The lowest BCUT2D eigenvalue weighted by Crippen LogP contribution is -2.00. The summed E-state index contributed by atoms with van der Waals surface area (Å²) in [5.41, 5.74) is 1.80. The van der Waals surface area contributed by atoms with Crippen LogP contribution < -0.4 is 5.56 Å². The lowest BCUT2D eigenvalue weighted by atomic mass is 10.1. The third kappa shape index (κ3) is 1.53. The van der Waals surface area contributed by atoms with Crippen LogP contribution in [-0.2, 0) is 7.05 Å². The number of aromatic nitrogens is 2. The minimum atomic E-state index is -0.0850. The van der Waals surface area contributed by atoms with Crippen molar-refractivity contribution in [3.05, 3.63) is 45.2 Å². The quantitative estimate of drug-likeness (QED) is 0.830. The van der Waals surface area contributed by atoms with Crippen LogP contribution in [0.3, 0.4) is 0 Å². The van der Waals surface area contributed by atoms with Crippen LogP contribution >= 0.6 is 15.9 Å². The first kappa shape index (κ1) is 9.27. The van der Waals surface area contributed by atoms with Crippen molar-refractivity contribution >= 4 is 15.9 Å². The zero-order valence-corrected chi connectivity index (χ0v) is 9.21. The summed E-state index contributed by atoms with van der Waals surface area (Å²) in [6, 6.07) is 9.38. The average Bonchev–Trinajstić information content (AvgIpc) is 2.46. The van der Waals surface area contributed by atoms with E-state index in [2.05, 4.69) is 21.0 Å². The summed E-state index contributed by atoms with van der Waals surface area (Å²) in [4.78, 5) is 11.1. The zero-order chi connectivity index (χ0) is 10.1. The number of aromatic amines is 1. The van der Waals surface area contributed by atoms with Gasteiger partial charge in [0.25, 0.3) is 5.56 Å². The molecule has 0 saturated carbocycles. The van der Waals surface area contributed by atoms with Crippen molar-refractivity contribution in [3.63, 3.8) is 0 Å². The van der Waals surface area contributed by atoms with Gasteiger partial charge in [0.05, 0.1) is 5.69 Å². The molecule has 1 aromatic heterocycles. The van der Waals surface area contributed by atoms with Gasteiger partial charge in [-0.25, -0.2) is 0 Å². The minimum absolute atomic E-state index is 0.0850. The molecule has 2 rings (SSSR count). The summed E-state index contributed by atoms with van der Waals surface area (Å²) >= 11 is 3.45. The highest BCUT2D eigenvalue weighted by Crippen LogP contribution is 2.25. The molecule has 0 bridgehead atoms. The molecular weight excluding hydrogens is 244 g/mol. The molecule has 1 N–H and O–H groups in total. The van der Waals surface area contributed by atoms with Crippen molar-refractivity contribution in [2.75, 3.05) is 0 Å². The molecule has 0 amide bonds. The Labute approximate surface area is 89.5 Å². The molecule has 1 heterocycles. The van der Waals surface area contributed by atoms with Crippen LogP contribution in [0, 0.1) is 0 Å². The Morgan fingerprint density at radius 3 is 2.64 bits per heavy atom. The number of halogens is 1. The maximum absolute atomic E-state index is 11.1. The van der Waals surface area contributed by atoms with Gasteiger partial charge in [-0.2, -0.15) is 0 Å². The summed E-state index contributed by atoms with van der Waals surface area (Å²) in [5, 5.41) is 2.67. The molecule has 0 unspecified atom stereocenters. The summed E-state index contributed by atoms with van der Waals surface area (Å²) in [6.45, 7) is 0. The Balaban J connectivity index is 2.66.